The molecule has 2 aromatic rings. The summed E-state index contributed by atoms with van der Waals surface area (Å²) in [5, 5.41) is 12.8. The number of nitrogens with one attached hydrogen (secondary N) is 1. The van der Waals surface area contributed by atoms with Crippen molar-refractivity contribution in [2.24, 2.45) is 5.92 Å². The van der Waals surface area contributed by atoms with Gasteiger partial charge in [0.1, 0.15) is 11.1 Å². The van der Waals surface area contributed by atoms with Gasteiger partial charge in [0, 0.05) is 24.4 Å². The second-order valence-corrected chi connectivity index (χ2v) is 9.30. The van der Waals surface area contributed by atoms with Crippen LogP contribution in [0.1, 0.15) is 47.3 Å². The van der Waals surface area contributed by atoms with Gasteiger partial charge in [-0.2, -0.15) is 5.26 Å². The Kier molecular flexibility index (Phi) is 6.86. The summed E-state index contributed by atoms with van der Waals surface area (Å²) in [7, 11) is 0. The molecule has 1 aliphatic heterocycles. The molecule has 8 heteroatoms. The van der Waals surface area contributed by atoms with E-state index in [0.29, 0.717) is 17.1 Å². The topological polar surface area (TPSA) is 99.5 Å². The molecule has 7 nitrogen and oxygen atoms in total. The molecule has 2 aliphatic rings. The summed E-state index contributed by atoms with van der Waals surface area (Å²) in [6.07, 6.45) is 5.15. The lowest BCUT2D eigenvalue weighted by atomic mass is 10.1. The fourth-order valence-corrected chi connectivity index (χ4v) is 5.51. The SMILES string of the molecule is N#Cc1c(NC(=O)COC(=O)[C@@H]2CC(=O)N(Cc3ccccc3)C2)sc2c1CCCCC2. The largest absolute Gasteiger partial charge is 0.455 e. The molecular formula is C24H25N3O4S. The highest BCUT2D eigenvalue weighted by molar-refractivity contribution is 7.16. The summed E-state index contributed by atoms with van der Waals surface area (Å²) in [5.74, 6) is -1.70. The molecule has 1 saturated heterocycles. The molecule has 1 N–H and O–H groups in total. The fraction of sp³-hybridized carbons (Fsp3) is 0.417. The number of aryl methyl sites for hydroxylation is 1. The summed E-state index contributed by atoms with van der Waals surface area (Å²) in [6, 6.07) is 11.8. The minimum Gasteiger partial charge on any atom is -0.455 e. The van der Waals surface area contributed by atoms with E-state index in [-0.39, 0.29) is 18.9 Å². The van der Waals surface area contributed by atoms with Gasteiger partial charge in [0.2, 0.25) is 5.91 Å². The summed E-state index contributed by atoms with van der Waals surface area (Å²) in [6.45, 7) is 0.296. The van der Waals surface area contributed by atoms with E-state index in [4.69, 9.17) is 4.74 Å². The van der Waals surface area contributed by atoms with Crippen LogP contribution >= 0.6 is 11.3 Å². The molecule has 0 unspecified atom stereocenters. The molecule has 1 aromatic heterocycles. The quantitative estimate of drug-likeness (QED) is 0.536. The predicted molar refractivity (Wildman–Crippen MR) is 120 cm³/mol. The van der Waals surface area contributed by atoms with Crippen LogP contribution in [0.3, 0.4) is 0 Å². The number of amides is 2. The van der Waals surface area contributed by atoms with Gasteiger partial charge in [0.25, 0.3) is 5.91 Å². The molecule has 0 bridgehead atoms. The average molecular weight is 452 g/mol. The van der Waals surface area contributed by atoms with Crippen LogP contribution in [0.15, 0.2) is 30.3 Å². The van der Waals surface area contributed by atoms with Crippen molar-refractivity contribution in [3.63, 3.8) is 0 Å². The van der Waals surface area contributed by atoms with Crippen LogP contribution in [0, 0.1) is 17.2 Å². The minimum absolute atomic E-state index is 0.0868. The number of nitriles is 1. The maximum atomic E-state index is 12.4. The molecule has 0 radical (unpaired) electrons. The van der Waals surface area contributed by atoms with Gasteiger partial charge in [0.15, 0.2) is 6.61 Å². The average Bonchev–Trinajstić information content (AvgIpc) is 3.22. The first-order valence-electron chi connectivity index (χ1n) is 10.9. The maximum Gasteiger partial charge on any atom is 0.311 e. The number of fused-ring (bicyclic) bond motifs is 1. The molecule has 166 valence electrons. The Morgan fingerprint density at radius 1 is 1.19 bits per heavy atom. The van der Waals surface area contributed by atoms with E-state index in [9.17, 15) is 19.6 Å². The Morgan fingerprint density at radius 3 is 2.75 bits per heavy atom. The van der Waals surface area contributed by atoms with Gasteiger partial charge in [0.05, 0.1) is 11.5 Å². The summed E-state index contributed by atoms with van der Waals surface area (Å²) in [5.41, 5.74) is 2.58. The van der Waals surface area contributed by atoms with Crippen molar-refractivity contribution in [2.75, 3.05) is 18.5 Å². The number of thiophene rings is 1. The van der Waals surface area contributed by atoms with E-state index < -0.39 is 24.4 Å². The third-order valence-electron chi connectivity index (χ3n) is 5.90. The first kappa shape index (κ1) is 22.0. The van der Waals surface area contributed by atoms with Crippen LogP contribution in [0.4, 0.5) is 5.00 Å². The zero-order valence-corrected chi connectivity index (χ0v) is 18.6. The molecule has 2 heterocycles. The summed E-state index contributed by atoms with van der Waals surface area (Å²) < 4.78 is 5.19. The van der Waals surface area contributed by atoms with E-state index in [1.54, 1.807) is 4.90 Å². The Labute approximate surface area is 191 Å². The van der Waals surface area contributed by atoms with Crippen LogP contribution in [0.2, 0.25) is 0 Å². The van der Waals surface area contributed by atoms with Crippen LogP contribution in [0.25, 0.3) is 0 Å². The number of hydrogen-bond acceptors (Lipinski definition) is 6. The highest BCUT2D eigenvalue weighted by Gasteiger charge is 2.35. The van der Waals surface area contributed by atoms with E-state index >= 15 is 0 Å². The number of rotatable bonds is 6. The lowest BCUT2D eigenvalue weighted by molar-refractivity contribution is -0.151. The van der Waals surface area contributed by atoms with Crippen molar-refractivity contribution >= 4 is 34.1 Å². The van der Waals surface area contributed by atoms with Gasteiger partial charge >= 0.3 is 5.97 Å². The number of esters is 1. The standard InChI is InChI=1S/C24H25N3O4S/c25-12-19-18-9-5-2-6-10-20(18)32-23(19)26-21(28)15-31-24(30)17-11-22(29)27(14-17)13-16-7-3-1-4-8-16/h1,3-4,7-8,17H,2,5-6,9-11,13-15H2,(H,26,28)/t17-/m1/s1. The molecule has 1 aliphatic carbocycles. The van der Waals surface area contributed by atoms with Crippen molar-refractivity contribution in [1.29, 1.82) is 5.26 Å². The van der Waals surface area contributed by atoms with Crippen LogP contribution in [0.5, 0.6) is 0 Å². The number of benzene rings is 1. The number of hydrogen-bond donors (Lipinski definition) is 1. The number of anilines is 1. The lowest BCUT2D eigenvalue weighted by Gasteiger charge is -2.16. The monoisotopic (exact) mass is 451 g/mol. The molecule has 32 heavy (non-hydrogen) atoms. The van der Waals surface area contributed by atoms with Crippen molar-refractivity contribution in [1.82, 2.24) is 4.90 Å². The zero-order valence-electron chi connectivity index (χ0n) is 17.8. The van der Waals surface area contributed by atoms with Gasteiger partial charge in [-0.1, -0.05) is 36.8 Å². The van der Waals surface area contributed by atoms with Gasteiger partial charge in [-0.25, -0.2) is 0 Å². The number of carbonyl (C=O) groups is 3. The fourth-order valence-electron chi connectivity index (χ4n) is 4.25. The Hall–Kier alpha value is -3.18. The van der Waals surface area contributed by atoms with Crippen LogP contribution < -0.4 is 5.32 Å². The Morgan fingerprint density at radius 2 is 1.97 bits per heavy atom. The second-order valence-electron chi connectivity index (χ2n) is 8.20. The molecule has 2 amide bonds. The number of likely N-dealkylation sites (tertiary alicyclic amines) is 1. The molecule has 1 fully saturated rings. The molecule has 1 atom stereocenters. The first-order chi connectivity index (χ1) is 15.5. The predicted octanol–water partition coefficient (Wildman–Crippen LogP) is 3.42. The van der Waals surface area contributed by atoms with E-state index in [2.05, 4.69) is 11.4 Å². The van der Waals surface area contributed by atoms with Crippen molar-refractivity contribution in [3.8, 4) is 6.07 Å². The van der Waals surface area contributed by atoms with Crippen LogP contribution in [-0.4, -0.2) is 35.8 Å². The third-order valence-corrected chi connectivity index (χ3v) is 7.10. The number of carbonyl (C=O) groups excluding carboxylic acids is 3. The summed E-state index contributed by atoms with van der Waals surface area (Å²) in [4.78, 5) is 39.9. The van der Waals surface area contributed by atoms with E-state index in [1.807, 2.05) is 30.3 Å². The van der Waals surface area contributed by atoms with Gasteiger partial charge < -0.3 is 15.0 Å². The van der Waals surface area contributed by atoms with E-state index in [0.717, 1.165) is 48.1 Å². The van der Waals surface area contributed by atoms with Crippen molar-refractivity contribution in [2.45, 2.75) is 45.1 Å². The smallest absolute Gasteiger partial charge is 0.311 e. The molecule has 1 aromatic carbocycles. The molecular weight excluding hydrogens is 426 g/mol. The zero-order chi connectivity index (χ0) is 22.5. The van der Waals surface area contributed by atoms with Crippen molar-refractivity contribution < 1.29 is 19.1 Å². The highest BCUT2D eigenvalue weighted by atomic mass is 32.1. The highest BCUT2D eigenvalue weighted by Crippen LogP contribution is 2.37. The van der Waals surface area contributed by atoms with Crippen LogP contribution in [-0.2, 0) is 38.5 Å². The number of nitrogens with zero attached hydrogens (tertiary/aromatic N) is 2. The number of ether oxygens (including phenoxy) is 1. The first-order valence-corrected chi connectivity index (χ1v) is 11.7. The third kappa shape index (κ3) is 5.00. The van der Waals surface area contributed by atoms with Gasteiger partial charge in [-0.15, -0.1) is 11.3 Å². The van der Waals surface area contributed by atoms with Gasteiger partial charge in [-0.05, 0) is 36.8 Å². The summed E-state index contributed by atoms with van der Waals surface area (Å²) >= 11 is 1.44. The normalized spacial score (nSPS) is 17.9. The maximum absolute atomic E-state index is 12.4. The van der Waals surface area contributed by atoms with Crippen molar-refractivity contribution in [3.05, 3.63) is 51.9 Å². The Balaban J connectivity index is 1.30. The second kappa shape index (κ2) is 9.96. The molecule has 4 rings (SSSR count). The lowest BCUT2D eigenvalue weighted by Crippen LogP contribution is -2.28. The minimum atomic E-state index is -0.577. The van der Waals surface area contributed by atoms with E-state index in [1.165, 1.54) is 11.3 Å². The molecule has 0 spiro atoms. The molecule has 0 saturated carbocycles. The van der Waals surface area contributed by atoms with Gasteiger partial charge in [-0.3, -0.25) is 14.4 Å². The Bertz CT molecular complexity index is 1060.